The fourth-order valence-corrected chi connectivity index (χ4v) is 2.16. The van der Waals surface area contributed by atoms with Gasteiger partial charge in [-0.2, -0.15) is 0 Å². The molecule has 3 N–H and O–H groups in total. The molecule has 0 unspecified atom stereocenters. The molecule has 94 valence electrons. The summed E-state index contributed by atoms with van der Waals surface area (Å²) >= 11 is 0. The molecule has 0 aliphatic carbocycles. The van der Waals surface area contributed by atoms with Crippen LogP contribution < -0.4 is 11.1 Å². The fourth-order valence-electron chi connectivity index (χ4n) is 2.16. The van der Waals surface area contributed by atoms with Gasteiger partial charge in [-0.15, -0.1) is 0 Å². The normalized spacial score (nSPS) is 15.9. The van der Waals surface area contributed by atoms with Crippen LogP contribution in [0, 0.1) is 5.82 Å². The van der Waals surface area contributed by atoms with E-state index in [1.807, 2.05) is 24.3 Å². The summed E-state index contributed by atoms with van der Waals surface area (Å²) in [4.78, 5) is 12.0. The van der Waals surface area contributed by atoms with E-state index in [0.717, 1.165) is 11.3 Å². The van der Waals surface area contributed by atoms with Crippen LogP contribution in [-0.4, -0.2) is 5.91 Å². The lowest BCUT2D eigenvalue weighted by Crippen LogP contribution is -2.09. The standard InChI is InChI=1S/C15H11FN2O/c16-10-7-5-9(6-8-10)14(17)13-11-3-1-2-4-12(11)18-15(13)19/h1-8H,17H2,(H,18,19)/b14-13+. The summed E-state index contributed by atoms with van der Waals surface area (Å²) in [7, 11) is 0. The van der Waals surface area contributed by atoms with Gasteiger partial charge in [0.15, 0.2) is 0 Å². The van der Waals surface area contributed by atoms with E-state index in [0.29, 0.717) is 16.8 Å². The average Bonchev–Trinajstić information content (AvgIpc) is 2.74. The van der Waals surface area contributed by atoms with Gasteiger partial charge < -0.3 is 11.1 Å². The van der Waals surface area contributed by atoms with Crippen LogP contribution in [0.1, 0.15) is 11.1 Å². The first-order valence-electron chi connectivity index (χ1n) is 5.83. The van der Waals surface area contributed by atoms with E-state index in [1.165, 1.54) is 12.1 Å². The Balaban J connectivity index is 2.17. The maximum Gasteiger partial charge on any atom is 0.258 e. The molecule has 0 fully saturated rings. The van der Waals surface area contributed by atoms with Gasteiger partial charge in [0.05, 0.1) is 11.3 Å². The van der Waals surface area contributed by atoms with E-state index in [4.69, 9.17) is 5.73 Å². The van der Waals surface area contributed by atoms with Crippen molar-refractivity contribution >= 4 is 22.9 Å². The smallest absolute Gasteiger partial charge is 0.258 e. The number of hydrogen-bond acceptors (Lipinski definition) is 2. The Morgan fingerprint density at radius 2 is 1.74 bits per heavy atom. The molecule has 2 aromatic rings. The lowest BCUT2D eigenvalue weighted by molar-refractivity contribution is -0.110. The molecule has 0 saturated heterocycles. The van der Waals surface area contributed by atoms with Crippen LogP contribution in [0.15, 0.2) is 48.5 Å². The minimum Gasteiger partial charge on any atom is -0.398 e. The predicted molar refractivity (Wildman–Crippen MR) is 72.5 cm³/mol. The molecule has 1 aliphatic heterocycles. The summed E-state index contributed by atoms with van der Waals surface area (Å²) in [6.07, 6.45) is 0. The largest absolute Gasteiger partial charge is 0.398 e. The lowest BCUT2D eigenvalue weighted by atomic mass is 10.0. The van der Waals surface area contributed by atoms with E-state index < -0.39 is 0 Å². The Hall–Kier alpha value is -2.62. The minimum atomic E-state index is -0.335. The van der Waals surface area contributed by atoms with Crippen LogP contribution in [-0.2, 0) is 4.79 Å². The molecular weight excluding hydrogens is 243 g/mol. The number of nitrogens with one attached hydrogen (secondary N) is 1. The Labute approximate surface area is 109 Å². The van der Waals surface area contributed by atoms with E-state index >= 15 is 0 Å². The summed E-state index contributed by atoms with van der Waals surface area (Å²) in [6, 6.07) is 13.1. The van der Waals surface area contributed by atoms with Crippen molar-refractivity contribution in [3.05, 3.63) is 65.5 Å². The molecule has 1 aliphatic rings. The number of benzene rings is 2. The van der Waals surface area contributed by atoms with Crippen molar-refractivity contribution in [3.63, 3.8) is 0 Å². The molecule has 1 heterocycles. The third kappa shape index (κ3) is 1.87. The molecule has 0 bridgehead atoms. The third-order valence-electron chi connectivity index (χ3n) is 3.10. The number of fused-ring (bicyclic) bond motifs is 1. The molecule has 4 heteroatoms. The number of carbonyl (C=O) groups is 1. The maximum absolute atomic E-state index is 12.9. The summed E-state index contributed by atoms with van der Waals surface area (Å²) in [5.74, 6) is -0.569. The number of anilines is 1. The molecule has 1 amide bonds. The third-order valence-corrected chi connectivity index (χ3v) is 3.10. The van der Waals surface area contributed by atoms with Gasteiger partial charge in [-0.05, 0) is 35.9 Å². The first kappa shape index (κ1) is 11.5. The van der Waals surface area contributed by atoms with Gasteiger partial charge in [-0.1, -0.05) is 18.2 Å². The summed E-state index contributed by atoms with van der Waals surface area (Å²) in [5.41, 5.74) is 8.98. The molecule has 0 saturated carbocycles. The van der Waals surface area contributed by atoms with Gasteiger partial charge in [-0.25, -0.2) is 4.39 Å². The van der Waals surface area contributed by atoms with Crippen molar-refractivity contribution < 1.29 is 9.18 Å². The van der Waals surface area contributed by atoms with Gasteiger partial charge in [0.1, 0.15) is 5.82 Å². The topological polar surface area (TPSA) is 55.1 Å². The summed E-state index contributed by atoms with van der Waals surface area (Å²) in [5, 5.41) is 2.76. The van der Waals surface area contributed by atoms with E-state index in [-0.39, 0.29) is 11.7 Å². The molecule has 0 aromatic heterocycles. The number of rotatable bonds is 1. The van der Waals surface area contributed by atoms with Crippen LogP contribution in [0.2, 0.25) is 0 Å². The van der Waals surface area contributed by atoms with Crippen molar-refractivity contribution in [2.75, 3.05) is 5.32 Å². The highest BCUT2D eigenvalue weighted by Gasteiger charge is 2.26. The van der Waals surface area contributed by atoms with Crippen LogP contribution >= 0.6 is 0 Å². The highest BCUT2D eigenvalue weighted by molar-refractivity contribution is 6.36. The van der Waals surface area contributed by atoms with Gasteiger partial charge in [0, 0.05) is 11.3 Å². The minimum absolute atomic E-state index is 0.233. The SMILES string of the molecule is N/C(=C1/C(=O)Nc2ccccc21)c1ccc(F)cc1. The second-order valence-electron chi connectivity index (χ2n) is 4.30. The van der Waals surface area contributed by atoms with Gasteiger partial charge >= 0.3 is 0 Å². The van der Waals surface area contributed by atoms with Crippen LogP contribution in [0.4, 0.5) is 10.1 Å². The highest BCUT2D eigenvalue weighted by Crippen LogP contribution is 2.34. The predicted octanol–water partition coefficient (Wildman–Crippen LogP) is 2.60. The van der Waals surface area contributed by atoms with E-state index in [2.05, 4.69) is 5.32 Å². The average molecular weight is 254 g/mol. The molecule has 3 rings (SSSR count). The number of amides is 1. The molecule has 19 heavy (non-hydrogen) atoms. The number of para-hydroxylation sites is 1. The summed E-state index contributed by atoms with van der Waals surface area (Å²) < 4.78 is 12.9. The molecule has 0 radical (unpaired) electrons. The maximum atomic E-state index is 12.9. The first-order chi connectivity index (χ1) is 9.16. The lowest BCUT2D eigenvalue weighted by Gasteiger charge is -2.05. The quantitative estimate of drug-likeness (QED) is 0.768. The molecular formula is C15H11FN2O. The van der Waals surface area contributed by atoms with E-state index in [1.54, 1.807) is 12.1 Å². The molecule has 0 atom stereocenters. The second-order valence-corrected chi connectivity index (χ2v) is 4.30. The highest BCUT2D eigenvalue weighted by atomic mass is 19.1. The van der Waals surface area contributed by atoms with Gasteiger partial charge in [0.2, 0.25) is 0 Å². The number of nitrogens with two attached hydrogens (primary N) is 1. The Morgan fingerprint density at radius 1 is 1.05 bits per heavy atom. The summed E-state index contributed by atoms with van der Waals surface area (Å²) in [6.45, 7) is 0. The number of hydrogen-bond donors (Lipinski definition) is 2. The Morgan fingerprint density at radius 3 is 2.47 bits per heavy atom. The second kappa shape index (κ2) is 4.24. The Kier molecular flexibility index (Phi) is 2.56. The van der Waals surface area contributed by atoms with Gasteiger partial charge in [0.25, 0.3) is 5.91 Å². The molecule has 3 nitrogen and oxygen atoms in total. The van der Waals surface area contributed by atoms with Gasteiger partial charge in [-0.3, -0.25) is 4.79 Å². The fraction of sp³-hybridized carbons (Fsp3) is 0. The zero-order chi connectivity index (χ0) is 13.4. The van der Waals surface area contributed by atoms with Crippen LogP contribution in [0.25, 0.3) is 11.3 Å². The monoisotopic (exact) mass is 254 g/mol. The first-order valence-corrected chi connectivity index (χ1v) is 5.83. The number of carbonyl (C=O) groups excluding carboxylic acids is 1. The van der Waals surface area contributed by atoms with Crippen molar-refractivity contribution in [1.29, 1.82) is 0 Å². The van der Waals surface area contributed by atoms with Crippen molar-refractivity contribution in [2.45, 2.75) is 0 Å². The zero-order valence-electron chi connectivity index (χ0n) is 9.98. The molecule has 2 aromatic carbocycles. The van der Waals surface area contributed by atoms with Crippen molar-refractivity contribution in [3.8, 4) is 0 Å². The Bertz CT molecular complexity index is 690. The molecule has 0 spiro atoms. The van der Waals surface area contributed by atoms with E-state index in [9.17, 15) is 9.18 Å². The number of halogens is 1. The van der Waals surface area contributed by atoms with Crippen LogP contribution in [0.5, 0.6) is 0 Å². The van der Waals surface area contributed by atoms with Crippen molar-refractivity contribution in [2.24, 2.45) is 5.73 Å². The zero-order valence-corrected chi connectivity index (χ0v) is 9.98. The van der Waals surface area contributed by atoms with Crippen LogP contribution in [0.3, 0.4) is 0 Å². The van der Waals surface area contributed by atoms with Crippen molar-refractivity contribution in [1.82, 2.24) is 0 Å².